The molecule has 0 unspecified atom stereocenters. The van der Waals surface area contributed by atoms with Gasteiger partial charge < -0.3 is 4.90 Å². The molecule has 6 heteroatoms. The summed E-state index contributed by atoms with van der Waals surface area (Å²) in [6.45, 7) is 8.27. The zero-order valence-electron chi connectivity index (χ0n) is 14.8. The number of hydrogen-bond acceptors (Lipinski definition) is 5. The zero-order chi connectivity index (χ0) is 17.8. The van der Waals surface area contributed by atoms with Gasteiger partial charge in [0.15, 0.2) is 5.78 Å². The smallest absolute Gasteiger partial charge is 0.223 e. The molecule has 1 aliphatic heterocycles. The van der Waals surface area contributed by atoms with Crippen LogP contribution in [0.25, 0.3) is 0 Å². The van der Waals surface area contributed by atoms with E-state index in [4.69, 9.17) is 0 Å². The molecule has 25 heavy (non-hydrogen) atoms. The van der Waals surface area contributed by atoms with E-state index in [1.54, 1.807) is 22.7 Å². The van der Waals surface area contributed by atoms with E-state index < -0.39 is 0 Å². The van der Waals surface area contributed by atoms with E-state index >= 15 is 0 Å². The number of amides is 1. The lowest BCUT2D eigenvalue weighted by atomic mass is 10.1. The normalized spacial score (nSPS) is 15.5. The van der Waals surface area contributed by atoms with Crippen LogP contribution in [0.15, 0.2) is 23.6 Å². The van der Waals surface area contributed by atoms with Crippen molar-refractivity contribution in [3.63, 3.8) is 0 Å². The number of carbonyl (C=O) groups excluding carboxylic acids is 2. The third-order valence-corrected chi connectivity index (χ3v) is 6.42. The first kappa shape index (κ1) is 18.3. The Hall–Kier alpha value is -1.50. The van der Waals surface area contributed by atoms with Crippen molar-refractivity contribution in [3.8, 4) is 0 Å². The van der Waals surface area contributed by atoms with Gasteiger partial charge in [0.25, 0.3) is 0 Å². The van der Waals surface area contributed by atoms with Gasteiger partial charge >= 0.3 is 0 Å². The first-order valence-electron chi connectivity index (χ1n) is 8.65. The van der Waals surface area contributed by atoms with Crippen molar-refractivity contribution >= 4 is 34.4 Å². The minimum Gasteiger partial charge on any atom is -0.340 e. The van der Waals surface area contributed by atoms with Crippen LogP contribution in [-0.4, -0.2) is 47.7 Å². The van der Waals surface area contributed by atoms with E-state index in [1.807, 2.05) is 24.8 Å². The molecule has 2 aromatic rings. The number of ketones is 1. The Morgan fingerprint density at radius 2 is 1.88 bits per heavy atom. The van der Waals surface area contributed by atoms with Gasteiger partial charge in [-0.1, -0.05) is 6.07 Å². The zero-order valence-corrected chi connectivity index (χ0v) is 16.4. The number of nitrogens with zero attached hydrogens (tertiary/aromatic N) is 2. The van der Waals surface area contributed by atoms with E-state index in [0.717, 1.165) is 48.0 Å². The second-order valence-corrected chi connectivity index (χ2v) is 8.98. The van der Waals surface area contributed by atoms with Gasteiger partial charge in [-0.2, -0.15) is 0 Å². The van der Waals surface area contributed by atoms with E-state index in [-0.39, 0.29) is 11.7 Å². The first-order valence-corrected chi connectivity index (χ1v) is 10.4. The van der Waals surface area contributed by atoms with Crippen LogP contribution in [0.4, 0.5) is 0 Å². The fourth-order valence-electron chi connectivity index (χ4n) is 3.20. The first-order chi connectivity index (χ1) is 12.0. The predicted octanol–water partition coefficient (Wildman–Crippen LogP) is 3.73. The van der Waals surface area contributed by atoms with Crippen LogP contribution in [0.5, 0.6) is 0 Å². The van der Waals surface area contributed by atoms with Crippen LogP contribution in [0.1, 0.15) is 37.8 Å². The van der Waals surface area contributed by atoms with Crippen molar-refractivity contribution in [2.75, 3.05) is 26.2 Å². The van der Waals surface area contributed by atoms with E-state index in [0.29, 0.717) is 12.8 Å². The molecule has 1 aliphatic rings. The summed E-state index contributed by atoms with van der Waals surface area (Å²) in [7, 11) is 0. The van der Waals surface area contributed by atoms with Gasteiger partial charge in [-0.15, -0.1) is 22.7 Å². The lowest BCUT2D eigenvalue weighted by Gasteiger charge is -2.34. The molecular weight excluding hydrogens is 352 g/mol. The molecule has 0 aromatic carbocycles. The minimum atomic E-state index is 0.0894. The highest BCUT2D eigenvalue weighted by molar-refractivity contribution is 7.12. The monoisotopic (exact) mass is 376 g/mol. The van der Waals surface area contributed by atoms with Gasteiger partial charge in [0.05, 0.1) is 0 Å². The van der Waals surface area contributed by atoms with Gasteiger partial charge in [0.2, 0.25) is 5.91 Å². The lowest BCUT2D eigenvalue weighted by molar-refractivity contribution is -0.132. The summed E-state index contributed by atoms with van der Waals surface area (Å²) < 4.78 is 0. The van der Waals surface area contributed by atoms with Crippen molar-refractivity contribution in [3.05, 3.63) is 43.8 Å². The molecule has 0 bridgehead atoms. The average Bonchev–Trinajstić information content (AvgIpc) is 3.22. The molecule has 0 saturated carbocycles. The Morgan fingerprint density at radius 3 is 2.48 bits per heavy atom. The highest BCUT2D eigenvalue weighted by Crippen LogP contribution is 2.22. The van der Waals surface area contributed by atoms with Crippen LogP contribution >= 0.6 is 22.7 Å². The molecule has 2 aromatic heterocycles. The van der Waals surface area contributed by atoms with E-state index in [1.165, 1.54) is 4.88 Å². The highest BCUT2D eigenvalue weighted by Gasteiger charge is 2.22. The Kier molecular flexibility index (Phi) is 6.04. The molecule has 3 heterocycles. The number of rotatable bonds is 6. The Morgan fingerprint density at radius 1 is 1.12 bits per heavy atom. The Balaban J connectivity index is 1.43. The summed E-state index contributed by atoms with van der Waals surface area (Å²) in [5.41, 5.74) is 0.788. The molecule has 1 saturated heterocycles. The lowest BCUT2D eigenvalue weighted by Crippen LogP contribution is -2.48. The van der Waals surface area contributed by atoms with Crippen LogP contribution in [0.3, 0.4) is 0 Å². The predicted molar refractivity (Wildman–Crippen MR) is 104 cm³/mol. The van der Waals surface area contributed by atoms with Crippen LogP contribution < -0.4 is 0 Å². The highest BCUT2D eigenvalue weighted by atomic mass is 32.1. The van der Waals surface area contributed by atoms with Gasteiger partial charge in [0, 0.05) is 65.8 Å². The summed E-state index contributed by atoms with van der Waals surface area (Å²) in [6.07, 6.45) is 0.628. The van der Waals surface area contributed by atoms with Crippen molar-refractivity contribution in [2.24, 2.45) is 0 Å². The minimum absolute atomic E-state index is 0.0894. The number of carbonyl (C=O) groups is 2. The molecular formula is C19H24N2O2S2. The summed E-state index contributed by atoms with van der Waals surface area (Å²) in [4.78, 5) is 32.6. The quantitative estimate of drug-likeness (QED) is 0.721. The molecule has 0 spiro atoms. The third-order valence-electron chi connectivity index (χ3n) is 4.59. The van der Waals surface area contributed by atoms with E-state index in [9.17, 15) is 9.59 Å². The molecule has 1 fully saturated rings. The van der Waals surface area contributed by atoms with E-state index in [2.05, 4.69) is 22.4 Å². The van der Waals surface area contributed by atoms with Crippen molar-refractivity contribution in [1.82, 2.24) is 9.80 Å². The summed E-state index contributed by atoms with van der Waals surface area (Å²) in [6, 6.07) is 6.17. The maximum atomic E-state index is 12.4. The average molecular weight is 377 g/mol. The van der Waals surface area contributed by atoms with Gasteiger partial charge in [0.1, 0.15) is 0 Å². The molecule has 3 rings (SSSR count). The summed E-state index contributed by atoms with van der Waals surface area (Å²) in [5, 5.41) is 2.10. The van der Waals surface area contributed by atoms with Crippen LogP contribution in [0, 0.1) is 13.8 Å². The summed E-state index contributed by atoms with van der Waals surface area (Å²) in [5.74, 6) is 0.195. The molecule has 0 N–H and O–H groups in total. The fraction of sp³-hybridized carbons (Fsp3) is 0.474. The van der Waals surface area contributed by atoms with Gasteiger partial charge in [-0.3, -0.25) is 14.5 Å². The van der Waals surface area contributed by atoms with Crippen LogP contribution in [-0.2, 0) is 11.3 Å². The number of Topliss-reactive ketones (excluding diaryl/α,β-unsaturated/α-hetero) is 1. The molecule has 0 radical (unpaired) electrons. The van der Waals surface area contributed by atoms with Crippen molar-refractivity contribution < 1.29 is 9.59 Å². The molecule has 4 nitrogen and oxygen atoms in total. The Bertz CT molecular complexity index is 729. The van der Waals surface area contributed by atoms with Crippen molar-refractivity contribution in [1.29, 1.82) is 0 Å². The van der Waals surface area contributed by atoms with Crippen LogP contribution in [0.2, 0.25) is 0 Å². The third kappa shape index (κ3) is 4.77. The van der Waals surface area contributed by atoms with Gasteiger partial charge in [-0.05, 0) is 31.4 Å². The summed E-state index contributed by atoms with van der Waals surface area (Å²) >= 11 is 3.42. The largest absolute Gasteiger partial charge is 0.340 e. The molecule has 134 valence electrons. The SMILES string of the molecule is Cc1cc(C(=O)CCC(=O)N2CCN(Cc3cccs3)CC2)c(C)s1. The second kappa shape index (κ2) is 8.25. The van der Waals surface area contributed by atoms with Gasteiger partial charge in [-0.25, -0.2) is 0 Å². The standard InChI is InChI=1S/C19H24N2O2S2/c1-14-12-17(15(2)25-14)18(22)5-6-19(23)21-9-7-20(8-10-21)13-16-4-3-11-24-16/h3-4,11-12H,5-10,13H2,1-2H3. The number of thiophene rings is 2. The maximum absolute atomic E-state index is 12.4. The van der Waals surface area contributed by atoms with Crippen molar-refractivity contribution in [2.45, 2.75) is 33.2 Å². The molecule has 0 atom stereocenters. The molecule has 1 amide bonds. The fourth-order valence-corrected chi connectivity index (χ4v) is 4.89. The number of piperazine rings is 1. The number of aryl methyl sites for hydroxylation is 2. The molecule has 0 aliphatic carbocycles. The second-order valence-electron chi connectivity index (χ2n) is 6.49. The number of hydrogen-bond donors (Lipinski definition) is 0. The topological polar surface area (TPSA) is 40.6 Å². The Labute approximate surface area is 157 Å². The maximum Gasteiger partial charge on any atom is 0.223 e.